The summed E-state index contributed by atoms with van der Waals surface area (Å²) >= 11 is 0. The third-order valence-electron chi connectivity index (χ3n) is 3.64. The van der Waals surface area contributed by atoms with E-state index in [1.54, 1.807) is 35.2 Å². The first-order valence-electron chi connectivity index (χ1n) is 6.59. The molecule has 2 aromatic carbocycles. The first-order valence-corrected chi connectivity index (χ1v) is 6.59. The van der Waals surface area contributed by atoms with Crippen LogP contribution in [0.3, 0.4) is 0 Å². The maximum atomic E-state index is 14.2. The first kappa shape index (κ1) is 13.4. The molecule has 0 bridgehead atoms. The van der Waals surface area contributed by atoms with Gasteiger partial charge < -0.3 is 15.4 Å². The van der Waals surface area contributed by atoms with Gasteiger partial charge in [0, 0.05) is 29.9 Å². The van der Waals surface area contributed by atoms with Crippen molar-refractivity contribution in [2.24, 2.45) is 0 Å². The first-order chi connectivity index (χ1) is 10.1. The molecule has 3 rings (SSSR count). The number of halogens is 1. The summed E-state index contributed by atoms with van der Waals surface area (Å²) in [5, 5.41) is 0. The number of nitrogens with zero attached hydrogens (tertiary/aromatic N) is 1. The van der Waals surface area contributed by atoms with Crippen molar-refractivity contribution < 1.29 is 13.9 Å². The predicted molar refractivity (Wildman–Crippen MR) is 77.4 cm³/mol. The molecule has 2 aromatic rings. The van der Waals surface area contributed by atoms with E-state index in [2.05, 4.69) is 0 Å². The standard InChI is InChI=1S/C16H15FN2O2/c1-21-14-4-2-3-11(15(14)17)9-19-8-10-5-6-12(18)7-13(10)16(19)20/h2-7H,8-9,18H2,1H3. The van der Waals surface area contributed by atoms with Gasteiger partial charge in [0.1, 0.15) is 0 Å². The molecule has 5 heteroatoms. The zero-order valence-electron chi connectivity index (χ0n) is 11.6. The number of hydrogen-bond acceptors (Lipinski definition) is 3. The summed E-state index contributed by atoms with van der Waals surface area (Å²) in [7, 11) is 1.42. The van der Waals surface area contributed by atoms with Crippen molar-refractivity contribution in [2.45, 2.75) is 13.1 Å². The Balaban J connectivity index is 1.87. The summed E-state index contributed by atoms with van der Waals surface area (Å²) in [5.74, 6) is -0.372. The molecule has 0 atom stereocenters. The molecule has 0 fully saturated rings. The van der Waals surface area contributed by atoms with Crippen molar-refractivity contribution in [3.05, 3.63) is 58.9 Å². The van der Waals surface area contributed by atoms with Crippen molar-refractivity contribution >= 4 is 11.6 Å². The Morgan fingerprint density at radius 1 is 1.33 bits per heavy atom. The number of nitrogen functional groups attached to an aromatic ring is 1. The quantitative estimate of drug-likeness (QED) is 0.882. The fourth-order valence-corrected chi connectivity index (χ4v) is 2.55. The zero-order valence-corrected chi connectivity index (χ0v) is 11.6. The molecule has 1 heterocycles. The summed E-state index contributed by atoms with van der Waals surface area (Å²) in [4.78, 5) is 13.9. The minimum Gasteiger partial charge on any atom is -0.494 e. The molecule has 0 aromatic heterocycles. The minimum absolute atomic E-state index is 0.125. The molecule has 1 amide bonds. The maximum absolute atomic E-state index is 14.2. The van der Waals surface area contributed by atoms with Gasteiger partial charge in [-0.3, -0.25) is 4.79 Å². The van der Waals surface area contributed by atoms with Crippen molar-refractivity contribution in [1.82, 2.24) is 4.90 Å². The van der Waals surface area contributed by atoms with Crippen molar-refractivity contribution in [1.29, 1.82) is 0 Å². The third kappa shape index (κ3) is 2.31. The van der Waals surface area contributed by atoms with E-state index >= 15 is 0 Å². The van der Waals surface area contributed by atoms with Crippen LogP contribution in [0.2, 0.25) is 0 Å². The Labute approximate surface area is 121 Å². The van der Waals surface area contributed by atoms with Gasteiger partial charge in [-0.2, -0.15) is 0 Å². The van der Waals surface area contributed by atoms with Crippen LogP contribution in [-0.4, -0.2) is 17.9 Å². The number of rotatable bonds is 3. The molecule has 1 aliphatic heterocycles. The summed E-state index contributed by atoms with van der Waals surface area (Å²) < 4.78 is 19.1. The molecule has 4 nitrogen and oxygen atoms in total. The summed E-state index contributed by atoms with van der Waals surface area (Å²) in [6.07, 6.45) is 0. The van der Waals surface area contributed by atoms with Gasteiger partial charge in [0.25, 0.3) is 5.91 Å². The van der Waals surface area contributed by atoms with E-state index in [-0.39, 0.29) is 18.2 Å². The molecule has 0 unspecified atom stereocenters. The van der Waals surface area contributed by atoms with Crippen LogP contribution in [0.15, 0.2) is 36.4 Å². The third-order valence-corrected chi connectivity index (χ3v) is 3.64. The molecule has 2 N–H and O–H groups in total. The van der Waals surface area contributed by atoms with E-state index in [4.69, 9.17) is 10.5 Å². The second-order valence-electron chi connectivity index (χ2n) is 5.01. The number of carbonyl (C=O) groups is 1. The van der Waals surface area contributed by atoms with Crippen molar-refractivity contribution in [3.63, 3.8) is 0 Å². The van der Waals surface area contributed by atoms with Gasteiger partial charge in [-0.15, -0.1) is 0 Å². The van der Waals surface area contributed by atoms with Gasteiger partial charge >= 0.3 is 0 Å². The Morgan fingerprint density at radius 2 is 2.14 bits per heavy atom. The number of ether oxygens (including phenoxy) is 1. The van der Waals surface area contributed by atoms with E-state index in [0.29, 0.717) is 23.4 Å². The van der Waals surface area contributed by atoms with Gasteiger partial charge in [-0.1, -0.05) is 18.2 Å². The second-order valence-corrected chi connectivity index (χ2v) is 5.01. The van der Waals surface area contributed by atoms with E-state index < -0.39 is 5.82 Å². The highest BCUT2D eigenvalue weighted by Gasteiger charge is 2.28. The van der Waals surface area contributed by atoms with Crippen LogP contribution in [0.5, 0.6) is 5.75 Å². The predicted octanol–water partition coefficient (Wildman–Crippen LogP) is 2.57. The van der Waals surface area contributed by atoms with Crippen LogP contribution >= 0.6 is 0 Å². The van der Waals surface area contributed by atoms with Gasteiger partial charge in [-0.05, 0) is 23.8 Å². The molecule has 0 saturated heterocycles. The Morgan fingerprint density at radius 3 is 2.90 bits per heavy atom. The fraction of sp³-hybridized carbons (Fsp3) is 0.188. The largest absolute Gasteiger partial charge is 0.494 e. The van der Waals surface area contributed by atoms with Gasteiger partial charge in [-0.25, -0.2) is 4.39 Å². The summed E-state index contributed by atoms with van der Waals surface area (Å²) in [6, 6.07) is 10.2. The number of benzene rings is 2. The molecule has 0 aliphatic carbocycles. The van der Waals surface area contributed by atoms with E-state index in [0.717, 1.165) is 5.56 Å². The van der Waals surface area contributed by atoms with Gasteiger partial charge in [0.05, 0.1) is 7.11 Å². The monoisotopic (exact) mass is 286 g/mol. The highest BCUT2D eigenvalue weighted by atomic mass is 19.1. The Bertz CT molecular complexity index is 715. The number of fused-ring (bicyclic) bond motifs is 1. The Hall–Kier alpha value is -2.56. The number of anilines is 1. The molecule has 0 saturated carbocycles. The summed E-state index contributed by atoms with van der Waals surface area (Å²) in [5.41, 5.74) is 8.20. The smallest absolute Gasteiger partial charge is 0.254 e. The normalized spacial score (nSPS) is 13.4. The topological polar surface area (TPSA) is 55.6 Å². The molecule has 0 spiro atoms. The number of hydrogen-bond donors (Lipinski definition) is 1. The second kappa shape index (κ2) is 5.09. The molecule has 0 radical (unpaired) electrons. The van der Waals surface area contributed by atoms with Gasteiger partial charge in [0.15, 0.2) is 11.6 Å². The van der Waals surface area contributed by atoms with Crippen LogP contribution in [0.25, 0.3) is 0 Å². The summed E-state index contributed by atoms with van der Waals surface area (Å²) in [6.45, 7) is 0.668. The van der Waals surface area contributed by atoms with Crippen molar-refractivity contribution in [2.75, 3.05) is 12.8 Å². The molecule has 21 heavy (non-hydrogen) atoms. The SMILES string of the molecule is COc1cccc(CN2Cc3ccc(N)cc3C2=O)c1F. The lowest BCUT2D eigenvalue weighted by Crippen LogP contribution is -2.23. The van der Waals surface area contributed by atoms with E-state index in [9.17, 15) is 9.18 Å². The minimum atomic E-state index is -0.428. The fourth-order valence-electron chi connectivity index (χ4n) is 2.55. The van der Waals surface area contributed by atoms with E-state index in [1.807, 2.05) is 6.07 Å². The van der Waals surface area contributed by atoms with Crippen LogP contribution in [0.4, 0.5) is 10.1 Å². The zero-order chi connectivity index (χ0) is 15.0. The highest BCUT2D eigenvalue weighted by Crippen LogP contribution is 2.28. The lowest BCUT2D eigenvalue weighted by atomic mass is 10.1. The van der Waals surface area contributed by atoms with Crippen LogP contribution in [0, 0.1) is 5.82 Å². The molecular weight excluding hydrogens is 271 g/mol. The lowest BCUT2D eigenvalue weighted by Gasteiger charge is -2.16. The number of amides is 1. The van der Waals surface area contributed by atoms with Crippen LogP contribution in [0.1, 0.15) is 21.5 Å². The van der Waals surface area contributed by atoms with Crippen molar-refractivity contribution in [3.8, 4) is 5.75 Å². The molecule has 108 valence electrons. The van der Waals surface area contributed by atoms with Crippen LogP contribution < -0.4 is 10.5 Å². The Kier molecular flexibility index (Phi) is 3.25. The number of carbonyl (C=O) groups excluding carboxylic acids is 1. The maximum Gasteiger partial charge on any atom is 0.254 e. The van der Waals surface area contributed by atoms with Gasteiger partial charge in [0.2, 0.25) is 0 Å². The number of methoxy groups -OCH3 is 1. The molecular formula is C16H15FN2O2. The average molecular weight is 286 g/mol. The van der Waals surface area contributed by atoms with Crippen LogP contribution in [-0.2, 0) is 13.1 Å². The highest BCUT2D eigenvalue weighted by molar-refractivity contribution is 5.99. The molecule has 1 aliphatic rings. The van der Waals surface area contributed by atoms with E-state index in [1.165, 1.54) is 7.11 Å². The number of nitrogens with two attached hydrogens (primary N) is 1. The average Bonchev–Trinajstić information content (AvgIpc) is 2.78. The lowest BCUT2D eigenvalue weighted by molar-refractivity contribution is 0.0765.